The number of amides is 1. The molecule has 1 aromatic carbocycles. The third-order valence-electron chi connectivity index (χ3n) is 2.89. The Bertz CT molecular complexity index is 413. The van der Waals surface area contributed by atoms with E-state index in [-0.39, 0.29) is 18.1 Å². The van der Waals surface area contributed by atoms with Crippen LogP contribution in [0.25, 0.3) is 0 Å². The normalized spacial score (nSPS) is 23.7. The largest absolute Gasteiger partial charge is 0.393 e. The molecule has 1 fully saturated rings. The summed E-state index contributed by atoms with van der Waals surface area (Å²) in [5.74, 6) is -0.0595. The van der Waals surface area contributed by atoms with Gasteiger partial charge in [0.1, 0.15) is 0 Å². The number of aliphatic hydroxyl groups is 1. The van der Waals surface area contributed by atoms with E-state index < -0.39 is 0 Å². The Labute approximate surface area is 103 Å². The molecule has 0 saturated heterocycles. The lowest BCUT2D eigenvalue weighted by atomic mass is 9.89. The number of nitrogens with one attached hydrogen (secondary N) is 1. The van der Waals surface area contributed by atoms with E-state index in [1.54, 1.807) is 0 Å². The summed E-state index contributed by atoms with van der Waals surface area (Å²) >= 11 is 3.35. The van der Waals surface area contributed by atoms with Crippen molar-refractivity contribution in [2.45, 2.75) is 31.9 Å². The second-order valence-electron chi connectivity index (χ2n) is 4.25. The smallest absolute Gasteiger partial charge is 0.251 e. The molecule has 3 nitrogen and oxygen atoms in total. The van der Waals surface area contributed by atoms with E-state index in [9.17, 15) is 4.79 Å². The first-order valence-electron chi connectivity index (χ1n) is 5.31. The van der Waals surface area contributed by atoms with Gasteiger partial charge in [-0.05, 0) is 37.5 Å². The fourth-order valence-corrected chi connectivity index (χ4v) is 2.17. The molecule has 1 aliphatic carbocycles. The molecule has 1 aliphatic rings. The molecular formula is C12H14BrNO2. The molecule has 16 heavy (non-hydrogen) atoms. The highest BCUT2D eigenvalue weighted by Gasteiger charge is 2.28. The Morgan fingerprint density at radius 3 is 2.81 bits per heavy atom. The first-order valence-corrected chi connectivity index (χ1v) is 6.10. The minimum atomic E-state index is -0.242. The van der Waals surface area contributed by atoms with E-state index in [1.165, 1.54) is 0 Å². The van der Waals surface area contributed by atoms with Crippen molar-refractivity contribution >= 4 is 21.8 Å². The maximum Gasteiger partial charge on any atom is 0.251 e. The van der Waals surface area contributed by atoms with Gasteiger partial charge >= 0.3 is 0 Å². The van der Waals surface area contributed by atoms with Crippen LogP contribution >= 0.6 is 15.9 Å². The third kappa shape index (κ3) is 2.44. The van der Waals surface area contributed by atoms with Gasteiger partial charge in [0.2, 0.25) is 0 Å². The zero-order valence-corrected chi connectivity index (χ0v) is 10.6. The molecule has 1 amide bonds. The molecule has 0 unspecified atom stereocenters. The zero-order chi connectivity index (χ0) is 11.7. The van der Waals surface area contributed by atoms with Crippen LogP contribution in [0.2, 0.25) is 0 Å². The predicted octanol–water partition coefficient (Wildman–Crippen LogP) is 2.01. The first kappa shape index (κ1) is 11.6. The lowest BCUT2D eigenvalue weighted by molar-refractivity contribution is 0.0562. The highest BCUT2D eigenvalue weighted by molar-refractivity contribution is 9.10. The zero-order valence-electron chi connectivity index (χ0n) is 9.03. The maximum absolute atomic E-state index is 11.9. The van der Waals surface area contributed by atoms with Crippen LogP contribution in [0.4, 0.5) is 0 Å². The summed E-state index contributed by atoms with van der Waals surface area (Å²) in [6, 6.07) is 5.77. The van der Waals surface area contributed by atoms with Gasteiger partial charge < -0.3 is 10.4 Å². The maximum atomic E-state index is 11.9. The van der Waals surface area contributed by atoms with Crippen molar-refractivity contribution in [2.24, 2.45) is 0 Å². The van der Waals surface area contributed by atoms with Crippen molar-refractivity contribution < 1.29 is 9.90 Å². The summed E-state index contributed by atoms with van der Waals surface area (Å²) in [6.07, 6.45) is 1.09. The summed E-state index contributed by atoms with van der Waals surface area (Å²) in [4.78, 5) is 11.9. The third-order valence-corrected chi connectivity index (χ3v) is 3.39. The molecule has 0 radical (unpaired) electrons. The number of carbonyl (C=O) groups is 1. The van der Waals surface area contributed by atoms with Crippen molar-refractivity contribution in [3.05, 3.63) is 33.8 Å². The number of carbonyl (C=O) groups excluding carboxylic acids is 1. The second-order valence-corrected chi connectivity index (χ2v) is 5.17. The summed E-state index contributed by atoms with van der Waals surface area (Å²) in [5.41, 5.74) is 1.65. The molecule has 4 heteroatoms. The van der Waals surface area contributed by atoms with Gasteiger partial charge in [-0.3, -0.25) is 4.79 Å². The van der Waals surface area contributed by atoms with Crippen LogP contribution in [0.1, 0.15) is 28.8 Å². The number of rotatable bonds is 2. The number of aliphatic hydroxyl groups excluding tert-OH is 1. The summed E-state index contributed by atoms with van der Waals surface area (Å²) in [7, 11) is 0. The van der Waals surface area contributed by atoms with Gasteiger partial charge in [0.25, 0.3) is 5.91 Å². The highest BCUT2D eigenvalue weighted by atomic mass is 79.9. The SMILES string of the molecule is Cc1ccc(Br)cc1C(=O)NC1CC(O)C1. The summed E-state index contributed by atoms with van der Waals surface area (Å²) in [5, 5.41) is 12.1. The number of aryl methyl sites for hydroxylation is 1. The van der Waals surface area contributed by atoms with Crippen molar-refractivity contribution in [3.8, 4) is 0 Å². The van der Waals surface area contributed by atoms with Gasteiger partial charge in [-0.15, -0.1) is 0 Å². The molecule has 2 rings (SSSR count). The molecule has 0 spiro atoms. The standard InChI is InChI=1S/C12H14BrNO2/c1-7-2-3-8(13)4-11(7)12(16)14-9-5-10(15)6-9/h2-4,9-10,15H,5-6H2,1H3,(H,14,16). The Morgan fingerprint density at radius 1 is 1.50 bits per heavy atom. The molecule has 0 aliphatic heterocycles. The average molecular weight is 284 g/mol. The number of hydrogen-bond acceptors (Lipinski definition) is 2. The highest BCUT2D eigenvalue weighted by Crippen LogP contribution is 2.21. The van der Waals surface area contributed by atoms with Crippen LogP contribution in [-0.4, -0.2) is 23.2 Å². The molecule has 1 aromatic rings. The second kappa shape index (κ2) is 4.55. The minimum Gasteiger partial charge on any atom is -0.393 e. The van der Waals surface area contributed by atoms with Crippen LogP contribution in [-0.2, 0) is 0 Å². The van der Waals surface area contributed by atoms with Crippen molar-refractivity contribution in [1.29, 1.82) is 0 Å². The van der Waals surface area contributed by atoms with Crippen LogP contribution in [0.3, 0.4) is 0 Å². The van der Waals surface area contributed by atoms with Gasteiger partial charge in [-0.1, -0.05) is 22.0 Å². The van der Waals surface area contributed by atoms with Crippen LogP contribution in [0, 0.1) is 6.92 Å². The van der Waals surface area contributed by atoms with Crippen LogP contribution < -0.4 is 5.32 Å². The molecule has 0 bridgehead atoms. The topological polar surface area (TPSA) is 49.3 Å². The fourth-order valence-electron chi connectivity index (χ4n) is 1.81. The van der Waals surface area contributed by atoms with E-state index in [1.807, 2.05) is 25.1 Å². The quantitative estimate of drug-likeness (QED) is 0.872. The van der Waals surface area contributed by atoms with Gasteiger partial charge in [-0.25, -0.2) is 0 Å². The van der Waals surface area contributed by atoms with Crippen molar-refractivity contribution in [2.75, 3.05) is 0 Å². The number of halogens is 1. The lowest BCUT2D eigenvalue weighted by Crippen LogP contribution is -2.46. The average Bonchev–Trinajstić information content (AvgIpc) is 2.19. The monoisotopic (exact) mass is 283 g/mol. The van der Waals surface area contributed by atoms with E-state index in [0.29, 0.717) is 18.4 Å². The van der Waals surface area contributed by atoms with E-state index in [4.69, 9.17) is 5.11 Å². The van der Waals surface area contributed by atoms with Gasteiger partial charge in [-0.2, -0.15) is 0 Å². The van der Waals surface area contributed by atoms with Gasteiger partial charge in [0.05, 0.1) is 6.10 Å². The molecule has 2 N–H and O–H groups in total. The first-order chi connectivity index (χ1) is 7.56. The fraction of sp³-hybridized carbons (Fsp3) is 0.417. The summed E-state index contributed by atoms with van der Waals surface area (Å²) < 4.78 is 0.900. The van der Waals surface area contributed by atoms with E-state index in [2.05, 4.69) is 21.2 Å². The number of hydrogen-bond donors (Lipinski definition) is 2. The molecule has 0 aromatic heterocycles. The Balaban J connectivity index is 2.05. The lowest BCUT2D eigenvalue weighted by Gasteiger charge is -2.32. The Hall–Kier alpha value is -0.870. The predicted molar refractivity (Wildman–Crippen MR) is 65.4 cm³/mol. The Morgan fingerprint density at radius 2 is 2.19 bits per heavy atom. The van der Waals surface area contributed by atoms with Crippen molar-refractivity contribution in [1.82, 2.24) is 5.32 Å². The van der Waals surface area contributed by atoms with E-state index >= 15 is 0 Å². The van der Waals surface area contributed by atoms with Crippen molar-refractivity contribution in [3.63, 3.8) is 0 Å². The van der Waals surface area contributed by atoms with Crippen LogP contribution in [0.15, 0.2) is 22.7 Å². The van der Waals surface area contributed by atoms with Gasteiger partial charge in [0.15, 0.2) is 0 Å². The Kier molecular flexibility index (Phi) is 3.30. The van der Waals surface area contributed by atoms with E-state index in [0.717, 1.165) is 10.0 Å². The van der Waals surface area contributed by atoms with Gasteiger partial charge in [0, 0.05) is 16.1 Å². The molecule has 0 heterocycles. The minimum absolute atomic E-state index is 0.0595. The molecule has 86 valence electrons. The molecular weight excluding hydrogens is 270 g/mol. The van der Waals surface area contributed by atoms with Crippen LogP contribution in [0.5, 0.6) is 0 Å². The summed E-state index contributed by atoms with van der Waals surface area (Å²) in [6.45, 7) is 1.91. The number of benzene rings is 1. The molecule has 0 atom stereocenters. The molecule has 1 saturated carbocycles.